The van der Waals surface area contributed by atoms with Gasteiger partial charge >= 0.3 is 0 Å². The Morgan fingerprint density at radius 2 is 1.64 bits per heavy atom. The Bertz CT molecular complexity index is 1280. The lowest BCUT2D eigenvalue weighted by atomic mass is 10.1. The molecule has 0 amide bonds. The molecule has 9 heteroatoms. The highest BCUT2D eigenvalue weighted by atomic mass is 19.1. The second kappa shape index (κ2) is 8.84. The van der Waals surface area contributed by atoms with Crippen molar-refractivity contribution in [3.63, 3.8) is 0 Å². The molecule has 4 heterocycles. The molecule has 33 heavy (non-hydrogen) atoms. The predicted molar refractivity (Wildman–Crippen MR) is 126 cm³/mol. The number of aromatic nitrogens is 5. The van der Waals surface area contributed by atoms with Gasteiger partial charge in [0.25, 0.3) is 0 Å². The molecule has 0 saturated carbocycles. The summed E-state index contributed by atoms with van der Waals surface area (Å²) in [6, 6.07) is 10.0. The summed E-state index contributed by atoms with van der Waals surface area (Å²) in [5, 5.41) is 0. The molecule has 3 aromatic heterocycles. The standard InChI is InChI=1S/C24H27FN8/c1-16-28-22(26)21-24(29-16)33(23(30-21)19-11-20(25)13-27-12-19)15-18-5-3-17(4-6-18)14-32-9-7-31(2)8-10-32/h3-6,11-13H,7-10,14-15H2,1-2H3,(H2,26,28,29). The number of aryl methyl sites for hydroxylation is 1. The second-order valence-corrected chi connectivity index (χ2v) is 8.64. The fraction of sp³-hybridized carbons (Fsp3) is 0.333. The highest BCUT2D eigenvalue weighted by molar-refractivity contribution is 5.85. The number of nitrogens with zero attached hydrogens (tertiary/aromatic N) is 7. The molecule has 1 fully saturated rings. The molecule has 0 aliphatic carbocycles. The van der Waals surface area contributed by atoms with Crippen molar-refractivity contribution >= 4 is 17.0 Å². The van der Waals surface area contributed by atoms with Gasteiger partial charge in [0.15, 0.2) is 17.0 Å². The smallest absolute Gasteiger partial charge is 0.166 e. The summed E-state index contributed by atoms with van der Waals surface area (Å²) in [5.41, 5.74) is 10.2. The maximum Gasteiger partial charge on any atom is 0.166 e. The van der Waals surface area contributed by atoms with E-state index in [4.69, 9.17) is 5.73 Å². The van der Waals surface area contributed by atoms with Crippen molar-refractivity contribution in [2.24, 2.45) is 0 Å². The van der Waals surface area contributed by atoms with Gasteiger partial charge in [-0.25, -0.2) is 19.3 Å². The molecule has 8 nitrogen and oxygen atoms in total. The van der Waals surface area contributed by atoms with E-state index in [-0.39, 0.29) is 0 Å². The second-order valence-electron chi connectivity index (χ2n) is 8.64. The Kier molecular flexibility index (Phi) is 5.74. The highest BCUT2D eigenvalue weighted by Crippen LogP contribution is 2.27. The number of likely N-dealkylation sites (N-methyl/N-ethyl adjacent to an activating group) is 1. The normalized spacial score (nSPS) is 15.4. The van der Waals surface area contributed by atoms with Crippen LogP contribution in [0.15, 0.2) is 42.7 Å². The number of benzene rings is 1. The molecule has 0 atom stereocenters. The quantitative estimate of drug-likeness (QED) is 0.504. The third-order valence-corrected chi connectivity index (χ3v) is 6.06. The van der Waals surface area contributed by atoms with Crippen LogP contribution >= 0.6 is 0 Å². The van der Waals surface area contributed by atoms with Crippen LogP contribution in [0, 0.1) is 12.7 Å². The van der Waals surface area contributed by atoms with Crippen LogP contribution in [0.3, 0.4) is 0 Å². The van der Waals surface area contributed by atoms with E-state index in [1.807, 2.05) is 4.57 Å². The molecule has 1 aromatic carbocycles. The van der Waals surface area contributed by atoms with Crippen LogP contribution in [0.5, 0.6) is 0 Å². The van der Waals surface area contributed by atoms with E-state index in [9.17, 15) is 4.39 Å². The first-order valence-electron chi connectivity index (χ1n) is 11.1. The van der Waals surface area contributed by atoms with E-state index in [1.54, 1.807) is 13.1 Å². The largest absolute Gasteiger partial charge is 0.382 e. The number of rotatable bonds is 5. The average molecular weight is 447 g/mol. The molecule has 0 bridgehead atoms. The minimum absolute atomic E-state index is 0.310. The molecule has 0 radical (unpaired) electrons. The van der Waals surface area contributed by atoms with Gasteiger partial charge in [0.05, 0.1) is 12.7 Å². The van der Waals surface area contributed by atoms with Crippen LogP contribution in [0.25, 0.3) is 22.6 Å². The third-order valence-electron chi connectivity index (χ3n) is 6.06. The number of nitrogen functional groups attached to an aromatic ring is 1. The van der Waals surface area contributed by atoms with E-state index in [2.05, 4.69) is 61.0 Å². The first-order valence-corrected chi connectivity index (χ1v) is 11.1. The first-order chi connectivity index (χ1) is 16.0. The van der Waals surface area contributed by atoms with Crippen LogP contribution in [-0.4, -0.2) is 67.5 Å². The topological polar surface area (TPSA) is 89.0 Å². The molecular weight excluding hydrogens is 419 g/mol. The Labute approximate surface area is 191 Å². The van der Waals surface area contributed by atoms with Crippen molar-refractivity contribution in [3.05, 3.63) is 65.5 Å². The fourth-order valence-corrected chi connectivity index (χ4v) is 4.24. The van der Waals surface area contributed by atoms with Crippen molar-refractivity contribution < 1.29 is 4.39 Å². The van der Waals surface area contributed by atoms with Crippen LogP contribution in [0.1, 0.15) is 17.0 Å². The van der Waals surface area contributed by atoms with Gasteiger partial charge in [0.2, 0.25) is 0 Å². The SMILES string of the molecule is Cc1nc(N)c2nc(-c3cncc(F)c3)n(Cc3ccc(CN4CCN(C)CC4)cc3)c2n1. The minimum atomic E-state index is -0.422. The van der Waals surface area contributed by atoms with E-state index in [0.29, 0.717) is 40.7 Å². The molecule has 4 aromatic rings. The molecule has 1 aliphatic rings. The van der Waals surface area contributed by atoms with Crippen molar-refractivity contribution in [1.29, 1.82) is 0 Å². The molecule has 0 unspecified atom stereocenters. The van der Waals surface area contributed by atoms with Crippen molar-refractivity contribution in [3.8, 4) is 11.4 Å². The molecular formula is C24H27FN8. The van der Waals surface area contributed by atoms with Gasteiger partial charge in [-0.15, -0.1) is 0 Å². The Hall–Kier alpha value is -3.43. The maximum absolute atomic E-state index is 13.9. The number of hydrogen-bond donors (Lipinski definition) is 1. The van der Waals surface area contributed by atoms with Crippen LogP contribution in [0.4, 0.5) is 10.2 Å². The van der Waals surface area contributed by atoms with Crippen LogP contribution in [-0.2, 0) is 13.1 Å². The number of hydrogen-bond acceptors (Lipinski definition) is 7. The van der Waals surface area contributed by atoms with Crippen molar-refractivity contribution in [1.82, 2.24) is 34.3 Å². The van der Waals surface area contributed by atoms with E-state index in [1.165, 1.54) is 17.8 Å². The molecule has 170 valence electrons. The van der Waals surface area contributed by atoms with E-state index >= 15 is 0 Å². The van der Waals surface area contributed by atoms with Crippen molar-refractivity contribution in [2.45, 2.75) is 20.0 Å². The summed E-state index contributed by atoms with van der Waals surface area (Å²) in [6.07, 6.45) is 2.77. The van der Waals surface area contributed by atoms with Gasteiger partial charge < -0.3 is 15.2 Å². The summed E-state index contributed by atoms with van der Waals surface area (Å²) in [7, 11) is 2.17. The van der Waals surface area contributed by atoms with Crippen LogP contribution < -0.4 is 5.73 Å². The highest BCUT2D eigenvalue weighted by Gasteiger charge is 2.19. The lowest BCUT2D eigenvalue weighted by molar-refractivity contribution is 0.148. The van der Waals surface area contributed by atoms with E-state index < -0.39 is 5.82 Å². The number of imidazole rings is 1. The summed E-state index contributed by atoms with van der Waals surface area (Å²) < 4.78 is 15.9. The monoisotopic (exact) mass is 446 g/mol. The van der Waals surface area contributed by atoms with Crippen LogP contribution in [0.2, 0.25) is 0 Å². The number of nitrogens with two attached hydrogens (primary N) is 1. The Morgan fingerprint density at radius 1 is 0.939 bits per heavy atom. The lowest BCUT2D eigenvalue weighted by Crippen LogP contribution is -2.43. The molecule has 1 saturated heterocycles. The zero-order valence-electron chi connectivity index (χ0n) is 18.9. The first kappa shape index (κ1) is 21.4. The number of pyridine rings is 1. The zero-order valence-corrected chi connectivity index (χ0v) is 18.9. The number of piperazine rings is 1. The minimum Gasteiger partial charge on any atom is -0.382 e. The van der Waals surface area contributed by atoms with Gasteiger partial charge in [-0.2, -0.15) is 0 Å². The number of anilines is 1. The average Bonchev–Trinajstić information content (AvgIpc) is 3.15. The molecule has 5 rings (SSSR count). The van der Waals surface area contributed by atoms with Gasteiger partial charge in [-0.1, -0.05) is 24.3 Å². The molecule has 1 aliphatic heterocycles. The van der Waals surface area contributed by atoms with Crippen molar-refractivity contribution in [2.75, 3.05) is 39.0 Å². The zero-order chi connectivity index (χ0) is 22.9. The maximum atomic E-state index is 13.9. The predicted octanol–water partition coefficient (Wildman–Crippen LogP) is 2.71. The fourth-order valence-electron chi connectivity index (χ4n) is 4.24. The number of fused-ring (bicyclic) bond motifs is 1. The van der Waals surface area contributed by atoms with Gasteiger partial charge in [-0.05, 0) is 31.2 Å². The summed E-state index contributed by atoms with van der Waals surface area (Å²) in [6.45, 7) is 7.65. The number of halogens is 1. The van der Waals surface area contributed by atoms with E-state index in [0.717, 1.165) is 38.3 Å². The van der Waals surface area contributed by atoms with Gasteiger partial charge in [-0.3, -0.25) is 9.88 Å². The third kappa shape index (κ3) is 4.55. The summed E-state index contributed by atoms with van der Waals surface area (Å²) in [5.74, 6) is 1.01. The van der Waals surface area contributed by atoms with Gasteiger partial charge in [0, 0.05) is 44.5 Å². The Morgan fingerprint density at radius 3 is 2.33 bits per heavy atom. The lowest BCUT2D eigenvalue weighted by Gasteiger charge is -2.32. The summed E-state index contributed by atoms with van der Waals surface area (Å²) >= 11 is 0. The Balaban J connectivity index is 1.46. The molecule has 0 spiro atoms. The molecule has 2 N–H and O–H groups in total. The summed E-state index contributed by atoms with van der Waals surface area (Å²) in [4.78, 5) is 22.3. The van der Waals surface area contributed by atoms with Gasteiger partial charge in [0.1, 0.15) is 17.5 Å².